The van der Waals surface area contributed by atoms with E-state index in [0.717, 1.165) is 26.1 Å². The van der Waals surface area contributed by atoms with Crippen molar-refractivity contribution in [2.45, 2.75) is 25.8 Å². The fourth-order valence-electron chi connectivity index (χ4n) is 2.80. The van der Waals surface area contributed by atoms with Crippen molar-refractivity contribution in [2.24, 2.45) is 11.8 Å². The highest BCUT2D eigenvalue weighted by molar-refractivity contribution is 5.78. The first-order chi connectivity index (χ1) is 8.10. The van der Waals surface area contributed by atoms with Crippen molar-refractivity contribution in [3.63, 3.8) is 0 Å². The molecule has 2 saturated heterocycles. The molecule has 2 aliphatic rings. The lowest BCUT2D eigenvalue weighted by molar-refractivity contribution is -0.146. The van der Waals surface area contributed by atoms with E-state index in [4.69, 9.17) is 4.74 Å². The van der Waals surface area contributed by atoms with Crippen molar-refractivity contribution in [3.05, 3.63) is 0 Å². The van der Waals surface area contributed by atoms with Crippen molar-refractivity contribution in [1.29, 1.82) is 0 Å². The Morgan fingerprint density at radius 1 is 1.53 bits per heavy atom. The summed E-state index contributed by atoms with van der Waals surface area (Å²) in [5.41, 5.74) is 0. The summed E-state index contributed by atoms with van der Waals surface area (Å²) in [5.74, 6) is 0.346. The zero-order valence-electron chi connectivity index (χ0n) is 10.4. The van der Waals surface area contributed by atoms with Crippen LogP contribution in [-0.2, 0) is 14.3 Å². The van der Waals surface area contributed by atoms with Gasteiger partial charge >= 0.3 is 5.97 Å². The van der Waals surface area contributed by atoms with Gasteiger partial charge in [-0.15, -0.1) is 0 Å². The summed E-state index contributed by atoms with van der Waals surface area (Å²) >= 11 is 0. The van der Waals surface area contributed by atoms with Crippen molar-refractivity contribution >= 4 is 11.9 Å². The molecule has 2 rings (SSSR count). The van der Waals surface area contributed by atoms with Crippen molar-refractivity contribution in [1.82, 2.24) is 10.2 Å². The van der Waals surface area contributed by atoms with E-state index in [9.17, 15) is 9.59 Å². The van der Waals surface area contributed by atoms with Crippen LogP contribution in [0.2, 0.25) is 0 Å². The summed E-state index contributed by atoms with van der Waals surface area (Å²) < 4.78 is 4.80. The second-order valence-corrected chi connectivity index (χ2v) is 5.13. The van der Waals surface area contributed by atoms with E-state index in [1.165, 1.54) is 7.11 Å². The summed E-state index contributed by atoms with van der Waals surface area (Å²) in [6, 6.07) is 0.256. The van der Waals surface area contributed by atoms with Gasteiger partial charge < -0.3 is 15.0 Å². The Morgan fingerprint density at radius 3 is 2.88 bits per heavy atom. The summed E-state index contributed by atoms with van der Waals surface area (Å²) in [6.45, 7) is 4.59. The predicted octanol–water partition coefficient (Wildman–Crippen LogP) is 0.00590. The number of ether oxygens (including phenoxy) is 1. The Morgan fingerprint density at radius 2 is 2.29 bits per heavy atom. The highest BCUT2D eigenvalue weighted by Gasteiger charge is 2.36. The number of likely N-dealkylation sites (tertiary alicyclic amines) is 1. The smallest absolute Gasteiger partial charge is 0.310 e. The lowest BCUT2D eigenvalue weighted by Gasteiger charge is -2.19. The molecule has 96 valence electrons. The minimum atomic E-state index is -0.115. The molecule has 2 fully saturated rings. The van der Waals surface area contributed by atoms with E-state index in [0.29, 0.717) is 12.3 Å². The van der Waals surface area contributed by atoms with Crippen LogP contribution >= 0.6 is 0 Å². The van der Waals surface area contributed by atoms with Gasteiger partial charge in [0, 0.05) is 32.1 Å². The number of nitrogens with one attached hydrogen (secondary N) is 1. The van der Waals surface area contributed by atoms with Crippen molar-refractivity contribution < 1.29 is 14.3 Å². The molecule has 3 atom stereocenters. The van der Waals surface area contributed by atoms with Gasteiger partial charge in [-0.05, 0) is 12.3 Å². The number of rotatable bonds is 3. The van der Waals surface area contributed by atoms with E-state index >= 15 is 0 Å². The molecule has 0 saturated carbocycles. The molecule has 2 heterocycles. The number of carbonyl (C=O) groups excluding carboxylic acids is 2. The van der Waals surface area contributed by atoms with Crippen LogP contribution in [0.15, 0.2) is 0 Å². The quantitative estimate of drug-likeness (QED) is 0.706. The van der Waals surface area contributed by atoms with Crippen LogP contribution in [0.5, 0.6) is 0 Å². The number of hydrogen-bond acceptors (Lipinski definition) is 4. The third kappa shape index (κ3) is 2.77. The molecular weight excluding hydrogens is 220 g/mol. The van der Waals surface area contributed by atoms with Gasteiger partial charge in [0.2, 0.25) is 5.91 Å². The van der Waals surface area contributed by atoms with Crippen LogP contribution in [0.25, 0.3) is 0 Å². The van der Waals surface area contributed by atoms with Crippen LogP contribution in [0.4, 0.5) is 0 Å². The third-order valence-electron chi connectivity index (χ3n) is 3.76. The number of esters is 1. The monoisotopic (exact) mass is 240 g/mol. The number of amides is 1. The zero-order chi connectivity index (χ0) is 12.4. The van der Waals surface area contributed by atoms with Gasteiger partial charge in [-0.3, -0.25) is 9.59 Å². The maximum Gasteiger partial charge on any atom is 0.310 e. The number of hydrogen-bond donors (Lipinski definition) is 1. The first-order valence-electron chi connectivity index (χ1n) is 6.19. The Bertz CT molecular complexity index is 319. The maximum absolute atomic E-state index is 11.5. The van der Waals surface area contributed by atoms with E-state index in [1.807, 2.05) is 0 Å². The molecule has 17 heavy (non-hydrogen) atoms. The topological polar surface area (TPSA) is 58.6 Å². The predicted molar refractivity (Wildman–Crippen MR) is 62.3 cm³/mol. The van der Waals surface area contributed by atoms with Crippen LogP contribution < -0.4 is 5.32 Å². The van der Waals surface area contributed by atoms with Gasteiger partial charge in [-0.1, -0.05) is 6.92 Å². The molecular formula is C12H20N2O3. The second kappa shape index (κ2) is 5.04. The number of methoxy groups -OCH3 is 1. The minimum Gasteiger partial charge on any atom is -0.469 e. The molecule has 1 N–H and O–H groups in total. The fraction of sp³-hybridized carbons (Fsp3) is 0.833. The third-order valence-corrected chi connectivity index (χ3v) is 3.76. The van der Waals surface area contributed by atoms with Gasteiger partial charge in [-0.2, -0.15) is 0 Å². The van der Waals surface area contributed by atoms with E-state index in [2.05, 4.69) is 17.1 Å². The molecule has 2 aliphatic heterocycles. The summed E-state index contributed by atoms with van der Waals surface area (Å²) in [6.07, 6.45) is 1.54. The molecule has 0 aromatic rings. The first-order valence-corrected chi connectivity index (χ1v) is 6.19. The fourth-order valence-corrected chi connectivity index (χ4v) is 2.80. The molecule has 5 heteroatoms. The van der Waals surface area contributed by atoms with Gasteiger partial charge in [0.05, 0.1) is 13.0 Å². The molecule has 0 bridgehead atoms. The normalized spacial score (nSPS) is 33.8. The van der Waals surface area contributed by atoms with Crippen LogP contribution in [0.3, 0.4) is 0 Å². The summed E-state index contributed by atoms with van der Waals surface area (Å²) in [5, 5.41) is 2.96. The van der Waals surface area contributed by atoms with Crippen LogP contribution in [0.1, 0.15) is 19.8 Å². The molecule has 0 aromatic carbocycles. The molecule has 5 nitrogen and oxygen atoms in total. The Kier molecular flexibility index (Phi) is 3.66. The van der Waals surface area contributed by atoms with Crippen LogP contribution in [0, 0.1) is 11.8 Å². The summed E-state index contributed by atoms with van der Waals surface area (Å²) in [4.78, 5) is 24.9. The highest BCUT2D eigenvalue weighted by atomic mass is 16.5. The molecule has 0 aliphatic carbocycles. The average Bonchev–Trinajstić information content (AvgIpc) is 2.85. The van der Waals surface area contributed by atoms with Crippen molar-refractivity contribution in [3.8, 4) is 0 Å². The van der Waals surface area contributed by atoms with Gasteiger partial charge in [0.15, 0.2) is 0 Å². The SMILES string of the molecule is COC(=O)C1CN(CC2CCC(=O)N2)CC1C. The van der Waals surface area contributed by atoms with E-state index in [-0.39, 0.29) is 23.8 Å². The van der Waals surface area contributed by atoms with Crippen LogP contribution in [-0.4, -0.2) is 49.6 Å². The van der Waals surface area contributed by atoms with Gasteiger partial charge in [0.25, 0.3) is 0 Å². The number of nitrogens with zero attached hydrogens (tertiary/aromatic N) is 1. The maximum atomic E-state index is 11.5. The van der Waals surface area contributed by atoms with Gasteiger partial charge in [0.1, 0.15) is 0 Å². The lowest BCUT2D eigenvalue weighted by Crippen LogP contribution is -2.38. The second-order valence-electron chi connectivity index (χ2n) is 5.13. The number of carbonyl (C=O) groups is 2. The highest BCUT2D eigenvalue weighted by Crippen LogP contribution is 2.24. The minimum absolute atomic E-state index is 0.0166. The Hall–Kier alpha value is -1.10. The summed E-state index contributed by atoms with van der Waals surface area (Å²) in [7, 11) is 1.44. The largest absolute Gasteiger partial charge is 0.469 e. The Balaban J connectivity index is 1.84. The standard InChI is InChI=1S/C12H20N2O3/c1-8-5-14(7-10(8)12(16)17-2)6-9-3-4-11(15)13-9/h8-10H,3-7H2,1-2H3,(H,13,15). The molecule has 0 aromatic heterocycles. The average molecular weight is 240 g/mol. The molecule has 0 spiro atoms. The molecule has 3 unspecified atom stereocenters. The molecule has 1 amide bonds. The lowest BCUT2D eigenvalue weighted by atomic mass is 9.99. The van der Waals surface area contributed by atoms with E-state index < -0.39 is 0 Å². The Labute approximate surface area is 101 Å². The zero-order valence-corrected chi connectivity index (χ0v) is 10.4. The van der Waals surface area contributed by atoms with E-state index in [1.54, 1.807) is 0 Å². The van der Waals surface area contributed by atoms with Crippen molar-refractivity contribution in [2.75, 3.05) is 26.7 Å². The van der Waals surface area contributed by atoms with Gasteiger partial charge in [-0.25, -0.2) is 0 Å². The molecule has 0 radical (unpaired) electrons. The first kappa shape index (κ1) is 12.4.